The Balaban J connectivity index is 1.78. The summed E-state index contributed by atoms with van der Waals surface area (Å²) in [5.41, 5.74) is 1.80. The summed E-state index contributed by atoms with van der Waals surface area (Å²) in [5, 5.41) is 2.76. The fraction of sp³-hybridized carbons (Fsp3) is 0.300. The maximum absolute atomic E-state index is 12.1. The fourth-order valence-electron chi connectivity index (χ4n) is 2.34. The van der Waals surface area contributed by atoms with Gasteiger partial charge in [-0.3, -0.25) is 9.59 Å². The van der Waals surface area contributed by atoms with Gasteiger partial charge in [-0.05, 0) is 43.3 Å². The minimum absolute atomic E-state index is 0.0269. The lowest BCUT2D eigenvalue weighted by Gasteiger charge is -2.21. The standard InChI is InChI=1S/C20H24N2O4/c1-15-4-6-17(7-5-15)22(16(2)23)14-20(24)21-12-13-26-19-10-8-18(25-3)9-11-19/h4-11H,12-14H2,1-3H3,(H,21,24). The zero-order valence-corrected chi connectivity index (χ0v) is 15.3. The van der Waals surface area contributed by atoms with Gasteiger partial charge in [-0.1, -0.05) is 17.7 Å². The lowest BCUT2D eigenvalue weighted by atomic mass is 10.2. The molecular weight excluding hydrogens is 332 g/mol. The summed E-state index contributed by atoms with van der Waals surface area (Å²) in [5.74, 6) is 1.04. The van der Waals surface area contributed by atoms with Crippen molar-refractivity contribution in [2.45, 2.75) is 13.8 Å². The molecule has 2 rings (SSSR count). The van der Waals surface area contributed by atoms with Crippen LogP contribution >= 0.6 is 0 Å². The average Bonchev–Trinajstić information content (AvgIpc) is 2.64. The van der Waals surface area contributed by atoms with E-state index in [4.69, 9.17) is 9.47 Å². The van der Waals surface area contributed by atoms with E-state index in [1.807, 2.05) is 31.2 Å². The van der Waals surface area contributed by atoms with Crippen LogP contribution in [0.3, 0.4) is 0 Å². The Kier molecular flexibility index (Phi) is 7.02. The maximum Gasteiger partial charge on any atom is 0.240 e. The van der Waals surface area contributed by atoms with Crippen LogP contribution in [0.5, 0.6) is 11.5 Å². The number of rotatable bonds is 8. The molecular formula is C20H24N2O4. The van der Waals surface area contributed by atoms with Gasteiger partial charge in [0.2, 0.25) is 11.8 Å². The highest BCUT2D eigenvalue weighted by Gasteiger charge is 2.15. The summed E-state index contributed by atoms with van der Waals surface area (Å²) >= 11 is 0. The number of nitrogens with zero attached hydrogens (tertiary/aromatic N) is 1. The van der Waals surface area contributed by atoms with Crippen molar-refractivity contribution in [3.8, 4) is 11.5 Å². The molecule has 0 aliphatic carbocycles. The highest BCUT2D eigenvalue weighted by atomic mass is 16.5. The van der Waals surface area contributed by atoms with E-state index in [9.17, 15) is 9.59 Å². The number of carbonyl (C=O) groups excluding carboxylic acids is 2. The molecule has 0 aliphatic heterocycles. The second-order valence-corrected chi connectivity index (χ2v) is 5.81. The SMILES string of the molecule is COc1ccc(OCCNC(=O)CN(C(C)=O)c2ccc(C)cc2)cc1. The van der Waals surface area contributed by atoms with Crippen LogP contribution in [-0.4, -0.2) is 38.6 Å². The molecule has 0 saturated carbocycles. The first-order valence-electron chi connectivity index (χ1n) is 8.38. The van der Waals surface area contributed by atoms with Gasteiger partial charge in [-0.15, -0.1) is 0 Å². The highest BCUT2D eigenvalue weighted by molar-refractivity contribution is 5.97. The molecule has 2 amide bonds. The van der Waals surface area contributed by atoms with Gasteiger partial charge in [0.25, 0.3) is 0 Å². The van der Waals surface area contributed by atoms with Crippen molar-refractivity contribution in [2.75, 3.05) is 31.7 Å². The molecule has 0 radical (unpaired) electrons. The number of aryl methyl sites for hydroxylation is 1. The molecule has 6 nitrogen and oxygen atoms in total. The van der Waals surface area contributed by atoms with Crippen molar-refractivity contribution >= 4 is 17.5 Å². The van der Waals surface area contributed by atoms with Crippen LogP contribution < -0.4 is 19.7 Å². The lowest BCUT2D eigenvalue weighted by molar-refractivity contribution is -0.123. The van der Waals surface area contributed by atoms with Crippen molar-refractivity contribution in [3.05, 3.63) is 54.1 Å². The Hall–Kier alpha value is -3.02. The first kappa shape index (κ1) is 19.3. The van der Waals surface area contributed by atoms with Gasteiger partial charge < -0.3 is 19.7 Å². The van der Waals surface area contributed by atoms with Crippen LogP contribution in [0, 0.1) is 6.92 Å². The van der Waals surface area contributed by atoms with E-state index >= 15 is 0 Å². The Bertz CT molecular complexity index is 726. The molecule has 0 fully saturated rings. The second kappa shape index (κ2) is 9.46. The van der Waals surface area contributed by atoms with E-state index < -0.39 is 0 Å². The zero-order valence-electron chi connectivity index (χ0n) is 15.3. The van der Waals surface area contributed by atoms with Crippen molar-refractivity contribution in [1.82, 2.24) is 5.32 Å². The minimum atomic E-state index is -0.237. The van der Waals surface area contributed by atoms with Crippen molar-refractivity contribution in [3.63, 3.8) is 0 Å². The fourth-order valence-corrected chi connectivity index (χ4v) is 2.34. The van der Waals surface area contributed by atoms with E-state index in [-0.39, 0.29) is 18.4 Å². The number of nitrogens with one attached hydrogen (secondary N) is 1. The minimum Gasteiger partial charge on any atom is -0.497 e. The Morgan fingerprint density at radius 2 is 1.62 bits per heavy atom. The largest absolute Gasteiger partial charge is 0.497 e. The van der Waals surface area contributed by atoms with Gasteiger partial charge in [0, 0.05) is 12.6 Å². The molecule has 0 aromatic heterocycles. The summed E-state index contributed by atoms with van der Waals surface area (Å²) in [7, 11) is 1.60. The van der Waals surface area contributed by atoms with E-state index in [2.05, 4.69) is 5.32 Å². The third kappa shape index (κ3) is 5.81. The molecule has 26 heavy (non-hydrogen) atoms. The Morgan fingerprint density at radius 3 is 2.19 bits per heavy atom. The molecule has 138 valence electrons. The summed E-state index contributed by atoms with van der Waals surface area (Å²) < 4.78 is 10.6. The van der Waals surface area contributed by atoms with Crippen LogP contribution in [0.4, 0.5) is 5.69 Å². The van der Waals surface area contributed by atoms with Crippen LogP contribution in [0.1, 0.15) is 12.5 Å². The monoisotopic (exact) mass is 356 g/mol. The van der Waals surface area contributed by atoms with Gasteiger partial charge in [0.1, 0.15) is 24.7 Å². The van der Waals surface area contributed by atoms with Gasteiger partial charge in [0.15, 0.2) is 0 Å². The normalized spacial score (nSPS) is 10.1. The predicted molar refractivity (Wildman–Crippen MR) is 101 cm³/mol. The van der Waals surface area contributed by atoms with Crippen molar-refractivity contribution in [2.24, 2.45) is 0 Å². The van der Waals surface area contributed by atoms with Crippen LogP contribution in [0.2, 0.25) is 0 Å². The highest BCUT2D eigenvalue weighted by Crippen LogP contribution is 2.17. The van der Waals surface area contributed by atoms with E-state index in [1.54, 1.807) is 31.4 Å². The predicted octanol–water partition coefficient (Wildman–Crippen LogP) is 2.55. The number of carbonyl (C=O) groups is 2. The zero-order chi connectivity index (χ0) is 18.9. The van der Waals surface area contributed by atoms with Crippen LogP contribution in [0.25, 0.3) is 0 Å². The molecule has 0 aliphatic rings. The summed E-state index contributed by atoms with van der Waals surface area (Å²) in [6.45, 7) is 4.07. The van der Waals surface area contributed by atoms with Gasteiger partial charge in [-0.2, -0.15) is 0 Å². The molecule has 0 saturated heterocycles. The third-order valence-corrected chi connectivity index (χ3v) is 3.78. The quantitative estimate of drug-likeness (QED) is 0.738. The van der Waals surface area contributed by atoms with E-state index in [0.717, 1.165) is 11.3 Å². The molecule has 2 aromatic rings. The topological polar surface area (TPSA) is 67.9 Å². The first-order valence-corrected chi connectivity index (χ1v) is 8.38. The molecule has 0 unspecified atom stereocenters. The maximum atomic E-state index is 12.1. The van der Waals surface area contributed by atoms with Crippen molar-refractivity contribution < 1.29 is 19.1 Å². The van der Waals surface area contributed by atoms with Gasteiger partial charge >= 0.3 is 0 Å². The number of methoxy groups -OCH3 is 1. The molecule has 0 bridgehead atoms. The van der Waals surface area contributed by atoms with Crippen molar-refractivity contribution in [1.29, 1.82) is 0 Å². The van der Waals surface area contributed by atoms with Crippen LogP contribution in [-0.2, 0) is 9.59 Å². The van der Waals surface area contributed by atoms with Crippen LogP contribution in [0.15, 0.2) is 48.5 Å². The number of ether oxygens (including phenoxy) is 2. The van der Waals surface area contributed by atoms with Gasteiger partial charge in [0.05, 0.1) is 13.7 Å². The molecule has 6 heteroatoms. The molecule has 1 N–H and O–H groups in total. The molecule has 0 heterocycles. The third-order valence-electron chi connectivity index (χ3n) is 3.78. The number of anilines is 1. The summed E-state index contributed by atoms with van der Waals surface area (Å²) in [4.78, 5) is 25.4. The number of benzene rings is 2. The Labute approximate surface area is 153 Å². The van der Waals surface area contributed by atoms with E-state index in [1.165, 1.54) is 11.8 Å². The molecule has 2 aromatic carbocycles. The summed E-state index contributed by atoms with van der Waals surface area (Å²) in [6, 6.07) is 14.7. The smallest absolute Gasteiger partial charge is 0.240 e. The van der Waals surface area contributed by atoms with Gasteiger partial charge in [-0.25, -0.2) is 0 Å². The van der Waals surface area contributed by atoms with E-state index in [0.29, 0.717) is 24.6 Å². The summed E-state index contributed by atoms with van der Waals surface area (Å²) in [6.07, 6.45) is 0. The number of amides is 2. The molecule has 0 atom stereocenters. The molecule has 0 spiro atoms. The average molecular weight is 356 g/mol. The lowest BCUT2D eigenvalue weighted by Crippen LogP contribution is -2.41. The number of hydrogen-bond donors (Lipinski definition) is 1. The number of hydrogen-bond acceptors (Lipinski definition) is 4. The Morgan fingerprint density at radius 1 is 1.00 bits per heavy atom. The second-order valence-electron chi connectivity index (χ2n) is 5.81. The first-order chi connectivity index (χ1) is 12.5.